The van der Waals surface area contributed by atoms with Gasteiger partial charge >= 0.3 is 86.1 Å². The van der Waals surface area contributed by atoms with Gasteiger partial charge in [0.25, 0.3) is 0 Å². The summed E-state index contributed by atoms with van der Waals surface area (Å²) in [6.07, 6.45) is 5.42. The van der Waals surface area contributed by atoms with Gasteiger partial charge in [0.2, 0.25) is 0 Å². The quantitative estimate of drug-likeness (QED) is 0.457. The summed E-state index contributed by atoms with van der Waals surface area (Å²) < 4.78 is 0. The van der Waals surface area contributed by atoms with E-state index in [1.165, 1.54) is 50.5 Å². The average molecular weight is 233 g/mol. The second kappa shape index (κ2) is 9.61. The van der Waals surface area contributed by atoms with Crippen molar-refractivity contribution in [2.45, 2.75) is 44.7 Å². The first-order chi connectivity index (χ1) is 5.85. The molecule has 0 aromatic rings. The Kier molecular flexibility index (Phi) is 10.0. The third kappa shape index (κ3) is 7.18. The average Bonchev–Trinajstić information content (AvgIpc) is 2.06. The van der Waals surface area contributed by atoms with E-state index in [1.54, 1.807) is 0 Å². The SMILES string of the molecule is CCCN(CCC)CCCC[AsH2]. The van der Waals surface area contributed by atoms with Gasteiger partial charge < -0.3 is 0 Å². The summed E-state index contributed by atoms with van der Waals surface area (Å²) in [6, 6.07) is 0. The van der Waals surface area contributed by atoms with E-state index in [0.717, 1.165) is 0 Å². The molecule has 0 aromatic heterocycles. The second-order valence-electron chi connectivity index (χ2n) is 3.34. The summed E-state index contributed by atoms with van der Waals surface area (Å²) in [5.41, 5.74) is 0. The van der Waals surface area contributed by atoms with Gasteiger partial charge in [0.05, 0.1) is 0 Å². The van der Waals surface area contributed by atoms with Gasteiger partial charge in [-0.15, -0.1) is 0 Å². The van der Waals surface area contributed by atoms with Crippen molar-refractivity contribution in [1.29, 1.82) is 0 Å². The Bertz CT molecular complexity index is 79.9. The fraction of sp³-hybridized carbons (Fsp3) is 1.00. The van der Waals surface area contributed by atoms with Crippen LogP contribution in [0.4, 0.5) is 0 Å². The van der Waals surface area contributed by atoms with Gasteiger partial charge in [-0.1, -0.05) is 0 Å². The molecule has 0 aliphatic carbocycles. The maximum atomic E-state index is 2.60. The normalized spacial score (nSPS) is 11.0. The van der Waals surface area contributed by atoms with Crippen molar-refractivity contribution in [3.63, 3.8) is 0 Å². The zero-order valence-electron chi connectivity index (χ0n) is 8.68. The molecule has 0 saturated carbocycles. The topological polar surface area (TPSA) is 3.24 Å². The molecule has 0 aliphatic heterocycles. The number of rotatable bonds is 8. The Labute approximate surface area is 86.4 Å². The summed E-state index contributed by atoms with van der Waals surface area (Å²) in [4.78, 5) is 2.60. The van der Waals surface area contributed by atoms with Gasteiger partial charge in [-0.3, -0.25) is 0 Å². The molecule has 0 bridgehead atoms. The monoisotopic (exact) mass is 233 g/mol. The third-order valence-electron chi connectivity index (χ3n) is 2.01. The first kappa shape index (κ1) is 12.5. The molecule has 0 spiro atoms. The second-order valence-corrected chi connectivity index (χ2v) is 4.55. The van der Waals surface area contributed by atoms with Crippen molar-refractivity contribution >= 4 is 16.9 Å². The summed E-state index contributed by atoms with van der Waals surface area (Å²) >= 11 is 1.87. The first-order valence-electron chi connectivity index (χ1n) is 5.27. The van der Waals surface area contributed by atoms with Crippen molar-refractivity contribution in [3.05, 3.63) is 0 Å². The van der Waals surface area contributed by atoms with Crippen molar-refractivity contribution < 1.29 is 0 Å². The summed E-state index contributed by atoms with van der Waals surface area (Å²) in [6.45, 7) is 8.45. The molecule has 1 atom stereocenters. The minimum atomic E-state index is 1.29. The van der Waals surface area contributed by atoms with Crippen molar-refractivity contribution in [2.75, 3.05) is 19.6 Å². The van der Waals surface area contributed by atoms with E-state index in [9.17, 15) is 0 Å². The van der Waals surface area contributed by atoms with Crippen LogP contribution < -0.4 is 0 Å². The molecule has 0 rings (SSSR count). The maximum absolute atomic E-state index is 2.60. The van der Waals surface area contributed by atoms with Crippen LogP contribution in [0.5, 0.6) is 0 Å². The first-order valence-corrected chi connectivity index (χ1v) is 6.98. The molecule has 1 nitrogen and oxygen atoms in total. The van der Waals surface area contributed by atoms with Crippen LogP contribution >= 0.6 is 0 Å². The van der Waals surface area contributed by atoms with Crippen molar-refractivity contribution in [2.24, 2.45) is 0 Å². The van der Waals surface area contributed by atoms with Crippen LogP contribution in [0.2, 0.25) is 5.21 Å². The molecule has 0 amide bonds. The molecule has 0 N–H and O–H groups in total. The van der Waals surface area contributed by atoms with Crippen LogP contribution in [-0.4, -0.2) is 41.4 Å². The summed E-state index contributed by atoms with van der Waals surface area (Å²) in [7, 11) is 0. The van der Waals surface area contributed by atoms with Crippen molar-refractivity contribution in [3.8, 4) is 0 Å². The molecule has 0 fully saturated rings. The standard InChI is InChI=1S/C10H24AsN/c1-3-8-12(9-4-2)10-6-5-7-11/h3-11H2,1-2H3. The minimum absolute atomic E-state index is 1.29. The molecular formula is C10H24AsN. The van der Waals surface area contributed by atoms with Crippen LogP contribution in [0.3, 0.4) is 0 Å². The van der Waals surface area contributed by atoms with Crippen LogP contribution in [0.25, 0.3) is 0 Å². The number of hydrogen-bond acceptors (Lipinski definition) is 1. The van der Waals surface area contributed by atoms with Gasteiger partial charge in [0.15, 0.2) is 0 Å². The zero-order valence-corrected chi connectivity index (χ0v) is 11.1. The fourth-order valence-electron chi connectivity index (χ4n) is 1.45. The molecule has 0 saturated heterocycles. The number of hydrogen-bond donors (Lipinski definition) is 0. The molecule has 0 aromatic carbocycles. The Morgan fingerprint density at radius 3 is 1.92 bits per heavy atom. The van der Waals surface area contributed by atoms with Gasteiger partial charge in [-0.2, -0.15) is 0 Å². The Morgan fingerprint density at radius 2 is 1.50 bits per heavy atom. The molecule has 74 valence electrons. The Hall–Kier alpha value is 0.518. The van der Waals surface area contributed by atoms with E-state index in [0.29, 0.717) is 0 Å². The molecule has 0 aliphatic rings. The molecule has 0 radical (unpaired) electrons. The van der Waals surface area contributed by atoms with Crippen LogP contribution in [0.15, 0.2) is 0 Å². The summed E-state index contributed by atoms with van der Waals surface area (Å²) in [5.74, 6) is 0. The van der Waals surface area contributed by atoms with Crippen molar-refractivity contribution in [1.82, 2.24) is 4.90 Å². The van der Waals surface area contributed by atoms with Gasteiger partial charge in [0, 0.05) is 0 Å². The molecule has 12 heavy (non-hydrogen) atoms. The van der Waals surface area contributed by atoms with Crippen LogP contribution in [0.1, 0.15) is 39.5 Å². The Balaban J connectivity index is 3.34. The van der Waals surface area contributed by atoms with E-state index < -0.39 is 0 Å². The number of nitrogens with zero attached hydrogens (tertiary/aromatic N) is 1. The van der Waals surface area contributed by atoms with E-state index in [2.05, 4.69) is 18.7 Å². The van der Waals surface area contributed by atoms with Crippen LogP contribution in [0, 0.1) is 0 Å². The Morgan fingerprint density at radius 1 is 0.917 bits per heavy atom. The molecule has 2 heteroatoms. The van der Waals surface area contributed by atoms with E-state index >= 15 is 0 Å². The van der Waals surface area contributed by atoms with Gasteiger partial charge in [-0.05, 0) is 0 Å². The predicted octanol–water partition coefficient (Wildman–Crippen LogP) is 1.94. The van der Waals surface area contributed by atoms with Gasteiger partial charge in [0.1, 0.15) is 0 Å². The van der Waals surface area contributed by atoms with Crippen LogP contribution in [-0.2, 0) is 0 Å². The van der Waals surface area contributed by atoms with E-state index in [4.69, 9.17) is 0 Å². The fourth-order valence-corrected chi connectivity index (χ4v) is 2.05. The molecule has 0 heterocycles. The van der Waals surface area contributed by atoms with E-state index in [1.807, 2.05) is 16.9 Å². The summed E-state index contributed by atoms with van der Waals surface area (Å²) in [5, 5.41) is 1.40. The molecular weight excluding hydrogens is 209 g/mol. The zero-order chi connectivity index (χ0) is 9.23. The third-order valence-corrected chi connectivity index (χ3v) is 2.86. The van der Waals surface area contributed by atoms with Gasteiger partial charge in [-0.25, -0.2) is 0 Å². The number of unbranched alkanes of at least 4 members (excludes halogenated alkanes) is 1. The van der Waals surface area contributed by atoms with E-state index in [-0.39, 0.29) is 0 Å². The molecule has 1 unspecified atom stereocenters. The predicted molar refractivity (Wildman–Crippen MR) is 59.6 cm³/mol.